The molecule has 0 aliphatic carbocycles. The van der Waals surface area contributed by atoms with Gasteiger partial charge < -0.3 is 10.0 Å². The molecule has 1 aromatic carbocycles. The minimum absolute atomic E-state index is 0.437. The summed E-state index contributed by atoms with van der Waals surface area (Å²) in [5.41, 5.74) is 2.11. The van der Waals surface area contributed by atoms with Crippen LogP contribution in [-0.2, 0) is 0 Å². The van der Waals surface area contributed by atoms with Crippen molar-refractivity contribution < 1.29 is 5.11 Å². The molecule has 0 saturated carbocycles. The maximum Gasteiger partial charge on any atom is 0.0772 e. The first-order chi connectivity index (χ1) is 8.47. The molecule has 0 saturated heterocycles. The number of benzene rings is 1. The number of anilines is 1. The van der Waals surface area contributed by atoms with E-state index in [1.807, 2.05) is 17.8 Å². The highest BCUT2D eigenvalue weighted by atomic mass is 79.9. The lowest BCUT2D eigenvalue weighted by molar-refractivity contribution is 0.198. The molecule has 2 atom stereocenters. The summed E-state index contributed by atoms with van der Waals surface area (Å²) >= 11 is 5.41. The van der Waals surface area contributed by atoms with E-state index >= 15 is 0 Å². The molecule has 0 heterocycles. The number of aliphatic hydroxyl groups is 1. The molecule has 2 nitrogen and oxygen atoms in total. The maximum atomic E-state index is 9.61. The minimum atomic E-state index is -0.437. The zero-order chi connectivity index (χ0) is 13.7. The summed E-state index contributed by atoms with van der Waals surface area (Å²) in [6.07, 6.45) is 2.88. The van der Waals surface area contributed by atoms with Crippen molar-refractivity contribution in [3.05, 3.63) is 28.2 Å². The monoisotopic (exact) mass is 331 g/mol. The highest BCUT2D eigenvalue weighted by Gasteiger charge is 2.12. The van der Waals surface area contributed by atoms with E-state index in [9.17, 15) is 5.11 Å². The standard InChI is InChI=1S/C14H22BrNOS/c1-10(7-8-18-4)16(3)12-5-6-13(11(2)17)14(15)9-12/h5-6,9-11,17H,7-8H2,1-4H3/t10?,11-/m0/s1. The third-order valence-corrected chi connectivity index (χ3v) is 4.57. The summed E-state index contributed by atoms with van der Waals surface area (Å²) in [5, 5.41) is 9.61. The van der Waals surface area contributed by atoms with Gasteiger partial charge in [0.05, 0.1) is 6.10 Å². The van der Waals surface area contributed by atoms with Crippen molar-refractivity contribution in [2.75, 3.05) is 24.0 Å². The summed E-state index contributed by atoms with van der Waals surface area (Å²) in [4.78, 5) is 2.28. The van der Waals surface area contributed by atoms with Crippen LogP contribution < -0.4 is 4.90 Å². The van der Waals surface area contributed by atoms with Crippen molar-refractivity contribution in [3.8, 4) is 0 Å². The Balaban J connectivity index is 2.80. The van der Waals surface area contributed by atoms with Crippen molar-refractivity contribution in [3.63, 3.8) is 0 Å². The van der Waals surface area contributed by atoms with E-state index in [0.717, 1.165) is 10.0 Å². The van der Waals surface area contributed by atoms with Gasteiger partial charge in [-0.3, -0.25) is 0 Å². The van der Waals surface area contributed by atoms with E-state index in [1.165, 1.54) is 17.9 Å². The Kier molecular flexibility index (Phi) is 6.53. The SMILES string of the molecule is CSCCC(C)N(C)c1ccc([C@H](C)O)c(Br)c1. The molecular formula is C14H22BrNOS. The molecule has 0 aliphatic heterocycles. The number of aliphatic hydroxyl groups excluding tert-OH is 1. The summed E-state index contributed by atoms with van der Waals surface area (Å²) in [5.74, 6) is 1.18. The van der Waals surface area contributed by atoms with Gasteiger partial charge in [0.15, 0.2) is 0 Å². The molecule has 0 fully saturated rings. The fourth-order valence-corrected chi connectivity index (χ4v) is 3.09. The van der Waals surface area contributed by atoms with Gasteiger partial charge in [-0.15, -0.1) is 0 Å². The highest BCUT2D eigenvalue weighted by Crippen LogP contribution is 2.28. The van der Waals surface area contributed by atoms with Gasteiger partial charge in [0.25, 0.3) is 0 Å². The second-order valence-electron chi connectivity index (χ2n) is 4.62. The van der Waals surface area contributed by atoms with E-state index in [2.05, 4.69) is 53.2 Å². The van der Waals surface area contributed by atoms with Crippen LogP contribution in [0.25, 0.3) is 0 Å². The molecule has 1 aromatic rings. The van der Waals surface area contributed by atoms with Crippen LogP contribution in [0.4, 0.5) is 5.69 Å². The minimum Gasteiger partial charge on any atom is -0.389 e. The van der Waals surface area contributed by atoms with E-state index in [4.69, 9.17) is 0 Å². The lowest BCUT2D eigenvalue weighted by Crippen LogP contribution is -2.29. The van der Waals surface area contributed by atoms with Crippen LogP contribution >= 0.6 is 27.7 Å². The molecule has 1 rings (SSSR count). The Bertz CT molecular complexity index is 384. The normalized spacial score (nSPS) is 14.3. The van der Waals surface area contributed by atoms with Crippen LogP contribution in [0.1, 0.15) is 31.9 Å². The molecule has 0 aliphatic rings. The van der Waals surface area contributed by atoms with Crippen LogP contribution in [0.15, 0.2) is 22.7 Å². The predicted molar refractivity (Wildman–Crippen MR) is 85.6 cm³/mol. The van der Waals surface area contributed by atoms with Crippen molar-refractivity contribution >= 4 is 33.4 Å². The molecule has 102 valence electrons. The van der Waals surface area contributed by atoms with Crippen LogP contribution in [0.5, 0.6) is 0 Å². The predicted octanol–water partition coefficient (Wildman–Crippen LogP) is 4.08. The van der Waals surface area contributed by atoms with E-state index in [-0.39, 0.29) is 0 Å². The largest absolute Gasteiger partial charge is 0.389 e. The third-order valence-electron chi connectivity index (χ3n) is 3.24. The lowest BCUT2D eigenvalue weighted by atomic mass is 10.1. The third kappa shape index (κ3) is 4.18. The van der Waals surface area contributed by atoms with Gasteiger partial charge in [-0.05, 0) is 50.0 Å². The van der Waals surface area contributed by atoms with Crippen LogP contribution in [0, 0.1) is 0 Å². The quantitative estimate of drug-likeness (QED) is 0.849. The molecule has 0 aromatic heterocycles. The van der Waals surface area contributed by atoms with Gasteiger partial charge in [-0.25, -0.2) is 0 Å². The van der Waals surface area contributed by atoms with Crippen molar-refractivity contribution in [2.24, 2.45) is 0 Å². The zero-order valence-corrected chi connectivity index (χ0v) is 13.9. The topological polar surface area (TPSA) is 23.5 Å². The molecule has 1 N–H and O–H groups in total. The molecule has 18 heavy (non-hydrogen) atoms. The van der Waals surface area contributed by atoms with Gasteiger partial charge >= 0.3 is 0 Å². The Labute approximate surface area is 123 Å². The lowest BCUT2D eigenvalue weighted by Gasteiger charge is -2.27. The number of hydrogen-bond donors (Lipinski definition) is 1. The first-order valence-electron chi connectivity index (χ1n) is 6.16. The Morgan fingerprint density at radius 3 is 2.56 bits per heavy atom. The molecule has 4 heteroatoms. The maximum absolute atomic E-state index is 9.61. The Morgan fingerprint density at radius 1 is 1.39 bits per heavy atom. The van der Waals surface area contributed by atoms with E-state index < -0.39 is 6.10 Å². The number of hydrogen-bond acceptors (Lipinski definition) is 3. The van der Waals surface area contributed by atoms with E-state index in [0.29, 0.717) is 6.04 Å². The van der Waals surface area contributed by atoms with Crippen molar-refractivity contribution in [1.29, 1.82) is 0 Å². The fourth-order valence-electron chi connectivity index (χ4n) is 1.81. The molecule has 1 unspecified atom stereocenters. The van der Waals surface area contributed by atoms with Crippen LogP contribution in [0.3, 0.4) is 0 Å². The number of halogens is 1. The zero-order valence-electron chi connectivity index (χ0n) is 11.5. The average Bonchev–Trinajstić information content (AvgIpc) is 2.34. The molecular weight excluding hydrogens is 310 g/mol. The molecule has 0 radical (unpaired) electrons. The van der Waals surface area contributed by atoms with Gasteiger partial charge in [0, 0.05) is 23.2 Å². The molecule has 0 spiro atoms. The Morgan fingerprint density at radius 2 is 2.06 bits per heavy atom. The smallest absolute Gasteiger partial charge is 0.0772 e. The van der Waals surface area contributed by atoms with Gasteiger partial charge in [-0.2, -0.15) is 11.8 Å². The van der Waals surface area contributed by atoms with Crippen molar-refractivity contribution in [2.45, 2.75) is 32.4 Å². The van der Waals surface area contributed by atoms with E-state index in [1.54, 1.807) is 6.92 Å². The van der Waals surface area contributed by atoms with Crippen molar-refractivity contribution in [1.82, 2.24) is 0 Å². The molecule has 0 amide bonds. The summed E-state index contributed by atoms with van der Waals surface area (Å²) in [6.45, 7) is 4.03. The second kappa shape index (κ2) is 7.41. The van der Waals surface area contributed by atoms with Crippen LogP contribution in [-0.4, -0.2) is 30.2 Å². The number of rotatable bonds is 6. The highest BCUT2D eigenvalue weighted by molar-refractivity contribution is 9.10. The summed E-state index contributed by atoms with van der Waals surface area (Å²) in [7, 11) is 2.12. The average molecular weight is 332 g/mol. The van der Waals surface area contributed by atoms with Gasteiger partial charge in [0.2, 0.25) is 0 Å². The second-order valence-corrected chi connectivity index (χ2v) is 6.46. The Hall–Kier alpha value is -0.190. The molecule has 0 bridgehead atoms. The number of nitrogens with zero attached hydrogens (tertiary/aromatic N) is 1. The summed E-state index contributed by atoms with van der Waals surface area (Å²) in [6, 6.07) is 6.66. The van der Waals surface area contributed by atoms with Crippen LogP contribution in [0.2, 0.25) is 0 Å². The summed E-state index contributed by atoms with van der Waals surface area (Å²) < 4.78 is 0.971. The first-order valence-corrected chi connectivity index (χ1v) is 8.35. The van der Waals surface area contributed by atoms with Gasteiger partial charge in [0.1, 0.15) is 0 Å². The first kappa shape index (κ1) is 15.9. The fraction of sp³-hybridized carbons (Fsp3) is 0.571. The number of thioether (sulfide) groups is 1. The van der Waals surface area contributed by atoms with Gasteiger partial charge in [-0.1, -0.05) is 22.0 Å².